The molecule has 0 spiro atoms. The Morgan fingerprint density at radius 3 is 2.79 bits per heavy atom. The predicted molar refractivity (Wildman–Crippen MR) is 71.1 cm³/mol. The SMILES string of the molecule is CCCC[C@H](NC(=O)NC1CCOC(C)C1)C(=O)O. The van der Waals surface area contributed by atoms with E-state index in [1.807, 2.05) is 13.8 Å². The van der Waals surface area contributed by atoms with Crippen molar-refractivity contribution in [2.24, 2.45) is 0 Å². The molecule has 2 amide bonds. The van der Waals surface area contributed by atoms with E-state index in [1.165, 1.54) is 0 Å². The first-order valence-electron chi connectivity index (χ1n) is 6.94. The third-order valence-corrected chi connectivity index (χ3v) is 3.27. The van der Waals surface area contributed by atoms with Gasteiger partial charge in [0.05, 0.1) is 6.10 Å². The second kappa shape index (κ2) is 7.99. The zero-order valence-corrected chi connectivity index (χ0v) is 11.6. The van der Waals surface area contributed by atoms with Crippen LogP contribution in [0.1, 0.15) is 46.0 Å². The maximum Gasteiger partial charge on any atom is 0.326 e. The van der Waals surface area contributed by atoms with Crippen molar-refractivity contribution in [1.29, 1.82) is 0 Å². The van der Waals surface area contributed by atoms with Crippen molar-refractivity contribution in [2.75, 3.05) is 6.61 Å². The summed E-state index contributed by atoms with van der Waals surface area (Å²) in [7, 11) is 0. The van der Waals surface area contributed by atoms with Gasteiger partial charge in [0, 0.05) is 12.6 Å². The molecule has 1 aliphatic heterocycles. The molecule has 1 rings (SSSR count). The quantitative estimate of drug-likeness (QED) is 0.683. The summed E-state index contributed by atoms with van der Waals surface area (Å²) in [6.45, 7) is 4.58. The van der Waals surface area contributed by atoms with E-state index >= 15 is 0 Å². The highest BCUT2D eigenvalue weighted by molar-refractivity contribution is 5.82. The van der Waals surface area contributed by atoms with E-state index in [0.717, 1.165) is 25.7 Å². The highest BCUT2D eigenvalue weighted by Crippen LogP contribution is 2.13. The average Bonchev–Trinajstić information content (AvgIpc) is 2.34. The fraction of sp³-hybridized carbons (Fsp3) is 0.846. The van der Waals surface area contributed by atoms with Gasteiger partial charge in [0.2, 0.25) is 0 Å². The molecule has 0 saturated carbocycles. The van der Waals surface area contributed by atoms with Gasteiger partial charge in [-0.25, -0.2) is 9.59 Å². The van der Waals surface area contributed by atoms with Crippen molar-refractivity contribution in [3.05, 3.63) is 0 Å². The van der Waals surface area contributed by atoms with E-state index in [-0.39, 0.29) is 12.1 Å². The molecule has 1 heterocycles. The molecule has 0 radical (unpaired) electrons. The summed E-state index contributed by atoms with van der Waals surface area (Å²) < 4.78 is 5.40. The van der Waals surface area contributed by atoms with Crippen LogP contribution in [-0.2, 0) is 9.53 Å². The number of ether oxygens (including phenoxy) is 1. The zero-order valence-electron chi connectivity index (χ0n) is 11.6. The fourth-order valence-electron chi connectivity index (χ4n) is 2.18. The van der Waals surface area contributed by atoms with Crippen LogP contribution in [0.15, 0.2) is 0 Å². The molecule has 0 bridgehead atoms. The Hall–Kier alpha value is -1.30. The summed E-state index contributed by atoms with van der Waals surface area (Å²) in [6, 6.07) is -1.15. The van der Waals surface area contributed by atoms with Gasteiger partial charge in [-0.05, 0) is 26.2 Å². The first-order valence-corrected chi connectivity index (χ1v) is 6.94. The van der Waals surface area contributed by atoms with Gasteiger partial charge < -0.3 is 20.5 Å². The minimum atomic E-state index is -0.982. The van der Waals surface area contributed by atoms with Gasteiger partial charge in [-0.3, -0.25) is 0 Å². The van der Waals surface area contributed by atoms with Gasteiger partial charge in [0.1, 0.15) is 6.04 Å². The number of unbranched alkanes of at least 4 members (excludes halogenated alkanes) is 1. The summed E-state index contributed by atoms with van der Waals surface area (Å²) in [4.78, 5) is 22.8. The number of carboxylic acids is 1. The van der Waals surface area contributed by atoms with Crippen LogP contribution in [0, 0.1) is 0 Å². The van der Waals surface area contributed by atoms with Crippen LogP contribution in [0.4, 0.5) is 4.79 Å². The normalized spacial score (nSPS) is 24.5. The topological polar surface area (TPSA) is 87.7 Å². The molecule has 110 valence electrons. The second-order valence-corrected chi connectivity index (χ2v) is 5.05. The lowest BCUT2D eigenvalue weighted by Gasteiger charge is -2.28. The van der Waals surface area contributed by atoms with Gasteiger partial charge >= 0.3 is 12.0 Å². The van der Waals surface area contributed by atoms with Crippen molar-refractivity contribution in [3.8, 4) is 0 Å². The fourth-order valence-corrected chi connectivity index (χ4v) is 2.18. The number of carboxylic acid groups (broad SMARTS) is 1. The Balaban J connectivity index is 2.37. The molecule has 2 unspecified atom stereocenters. The van der Waals surface area contributed by atoms with Crippen molar-refractivity contribution >= 4 is 12.0 Å². The largest absolute Gasteiger partial charge is 0.480 e. The van der Waals surface area contributed by atoms with Crippen LogP contribution in [-0.4, -0.2) is 41.9 Å². The Labute approximate surface area is 113 Å². The first-order chi connectivity index (χ1) is 9.02. The average molecular weight is 272 g/mol. The van der Waals surface area contributed by atoms with E-state index in [2.05, 4.69) is 10.6 Å². The summed E-state index contributed by atoms with van der Waals surface area (Å²) in [6.07, 6.45) is 3.82. The zero-order chi connectivity index (χ0) is 14.3. The molecule has 19 heavy (non-hydrogen) atoms. The number of carbonyl (C=O) groups is 2. The smallest absolute Gasteiger partial charge is 0.326 e. The number of hydrogen-bond acceptors (Lipinski definition) is 3. The van der Waals surface area contributed by atoms with Crippen molar-refractivity contribution < 1.29 is 19.4 Å². The molecule has 0 aromatic carbocycles. The minimum absolute atomic E-state index is 0.0596. The van der Waals surface area contributed by atoms with Crippen LogP contribution >= 0.6 is 0 Å². The first kappa shape index (κ1) is 15.8. The number of hydrogen-bond donors (Lipinski definition) is 3. The molecule has 6 nitrogen and oxygen atoms in total. The highest BCUT2D eigenvalue weighted by atomic mass is 16.5. The van der Waals surface area contributed by atoms with Crippen LogP contribution in [0.25, 0.3) is 0 Å². The van der Waals surface area contributed by atoms with Crippen LogP contribution in [0.3, 0.4) is 0 Å². The van der Waals surface area contributed by atoms with Crippen LogP contribution < -0.4 is 10.6 Å². The van der Waals surface area contributed by atoms with E-state index in [0.29, 0.717) is 13.0 Å². The van der Waals surface area contributed by atoms with E-state index in [9.17, 15) is 9.59 Å². The molecule has 0 aromatic rings. The molecule has 0 aromatic heterocycles. The number of aliphatic carboxylic acids is 1. The number of carbonyl (C=O) groups excluding carboxylic acids is 1. The molecule has 1 saturated heterocycles. The standard InChI is InChI=1S/C13H24N2O4/c1-3-4-5-11(12(16)17)15-13(18)14-10-6-7-19-9(2)8-10/h9-11H,3-8H2,1-2H3,(H,16,17)(H2,14,15,18)/t9?,10?,11-/m0/s1. The van der Waals surface area contributed by atoms with Gasteiger partial charge in [0.25, 0.3) is 0 Å². The van der Waals surface area contributed by atoms with Crippen LogP contribution in [0.2, 0.25) is 0 Å². The molecule has 1 aliphatic rings. The highest BCUT2D eigenvalue weighted by Gasteiger charge is 2.23. The van der Waals surface area contributed by atoms with Gasteiger partial charge in [-0.1, -0.05) is 19.8 Å². The summed E-state index contributed by atoms with van der Waals surface area (Å²) in [5, 5.41) is 14.4. The molecule has 1 fully saturated rings. The molecule has 3 N–H and O–H groups in total. The van der Waals surface area contributed by atoms with Gasteiger partial charge in [-0.2, -0.15) is 0 Å². The summed E-state index contributed by atoms with van der Waals surface area (Å²) >= 11 is 0. The third kappa shape index (κ3) is 5.92. The van der Waals surface area contributed by atoms with E-state index in [1.54, 1.807) is 0 Å². The lowest BCUT2D eigenvalue weighted by atomic mass is 10.0. The Kier molecular flexibility index (Phi) is 6.62. The molecule has 3 atom stereocenters. The van der Waals surface area contributed by atoms with Crippen molar-refractivity contribution in [1.82, 2.24) is 10.6 Å². The molecule has 0 aliphatic carbocycles. The molecule has 6 heteroatoms. The molecular weight excluding hydrogens is 248 g/mol. The van der Waals surface area contributed by atoms with Gasteiger partial charge in [0.15, 0.2) is 0 Å². The summed E-state index contributed by atoms with van der Waals surface area (Å²) in [5.41, 5.74) is 0. The number of nitrogens with one attached hydrogen (secondary N) is 2. The van der Waals surface area contributed by atoms with Gasteiger partial charge in [-0.15, -0.1) is 0 Å². The maximum absolute atomic E-state index is 11.8. The monoisotopic (exact) mass is 272 g/mol. The van der Waals surface area contributed by atoms with Crippen LogP contribution in [0.5, 0.6) is 0 Å². The number of rotatable bonds is 6. The van der Waals surface area contributed by atoms with E-state index < -0.39 is 18.0 Å². The lowest BCUT2D eigenvalue weighted by Crippen LogP contribution is -2.50. The maximum atomic E-state index is 11.8. The second-order valence-electron chi connectivity index (χ2n) is 5.05. The summed E-state index contributed by atoms with van der Waals surface area (Å²) in [5.74, 6) is -0.982. The molecular formula is C13H24N2O4. The predicted octanol–water partition coefficient (Wildman–Crippen LogP) is 1.50. The minimum Gasteiger partial charge on any atom is -0.480 e. The Bertz CT molecular complexity index is 309. The number of urea groups is 1. The van der Waals surface area contributed by atoms with Crippen molar-refractivity contribution in [3.63, 3.8) is 0 Å². The lowest BCUT2D eigenvalue weighted by molar-refractivity contribution is -0.139. The Morgan fingerprint density at radius 1 is 1.47 bits per heavy atom. The van der Waals surface area contributed by atoms with E-state index in [4.69, 9.17) is 9.84 Å². The number of amides is 2. The third-order valence-electron chi connectivity index (χ3n) is 3.27. The Morgan fingerprint density at radius 2 is 2.21 bits per heavy atom. The van der Waals surface area contributed by atoms with Crippen molar-refractivity contribution in [2.45, 2.75) is 64.1 Å².